The van der Waals surface area contributed by atoms with E-state index in [0.29, 0.717) is 41.8 Å². The summed E-state index contributed by atoms with van der Waals surface area (Å²) in [4.78, 5) is 19.2. The second-order valence-electron chi connectivity index (χ2n) is 7.10. The number of aromatic nitrogens is 1. The van der Waals surface area contributed by atoms with Crippen molar-refractivity contribution in [1.29, 1.82) is 0 Å². The van der Waals surface area contributed by atoms with Gasteiger partial charge in [-0.05, 0) is 48.5 Å². The van der Waals surface area contributed by atoms with E-state index in [2.05, 4.69) is 15.0 Å². The summed E-state index contributed by atoms with van der Waals surface area (Å²) in [7, 11) is 0. The summed E-state index contributed by atoms with van der Waals surface area (Å²) in [6.07, 6.45) is -3.25. The molecule has 2 aromatic carbocycles. The normalized spacial score (nSPS) is 13.0. The van der Waals surface area contributed by atoms with Crippen molar-refractivity contribution in [1.82, 2.24) is 4.98 Å². The third kappa shape index (κ3) is 5.49. The number of carbonyl (C=O) groups excluding carboxylic acids is 1. The molecule has 1 aliphatic heterocycles. The first-order valence-corrected chi connectivity index (χ1v) is 10.2. The van der Waals surface area contributed by atoms with Crippen LogP contribution in [0.25, 0.3) is 0 Å². The van der Waals surface area contributed by atoms with E-state index in [9.17, 15) is 18.0 Å². The number of alkyl halides is 3. The highest BCUT2D eigenvalue weighted by molar-refractivity contribution is 6.07. The van der Waals surface area contributed by atoms with Crippen molar-refractivity contribution in [2.75, 3.05) is 36.6 Å². The first kappa shape index (κ1) is 23.2. The monoisotopic (exact) mass is 475 g/mol. The summed E-state index contributed by atoms with van der Waals surface area (Å²) in [5.41, 5.74) is 1.20. The van der Waals surface area contributed by atoms with Crippen LogP contribution in [0.3, 0.4) is 0 Å². The van der Waals surface area contributed by atoms with Gasteiger partial charge in [-0.3, -0.25) is 4.79 Å². The number of hydrogen-bond acceptors (Lipinski definition) is 7. The molecule has 0 saturated heterocycles. The topological polar surface area (TPSA) is 93.2 Å². The highest BCUT2D eigenvalue weighted by Crippen LogP contribution is 2.39. The van der Waals surface area contributed by atoms with Gasteiger partial charge in [0.15, 0.2) is 5.75 Å². The van der Waals surface area contributed by atoms with Gasteiger partial charge in [-0.15, -0.1) is 13.2 Å². The molecular weight excluding hydrogens is 455 g/mol. The number of halogens is 3. The summed E-state index contributed by atoms with van der Waals surface area (Å²) in [6, 6.07) is 13.4. The van der Waals surface area contributed by atoms with E-state index in [0.717, 1.165) is 12.1 Å². The smallest absolute Gasteiger partial charge is 0.490 e. The molecular formula is C23H20F3N3O5. The number of benzene rings is 2. The molecule has 0 saturated carbocycles. The van der Waals surface area contributed by atoms with Gasteiger partial charge in [0.25, 0.3) is 5.91 Å². The van der Waals surface area contributed by atoms with Crippen molar-refractivity contribution in [2.45, 2.75) is 6.36 Å². The number of fused-ring (bicyclic) bond motifs is 1. The zero-order valence-electron chi connectivity index (χ0n) is 17.7. The zero-order valence-corrected chi connectivity index (χ0v) is 17.7. The molecule has 0 atom stereocenters. The third-order valence-corrected chi connectivity index (χ3v) is 4.79. The van der Waals surface area contributed by atoms with Crippen molar-refractivity contribution in [2.24, 2.45) is 0 Å². The maximum absolute atomic E-state index is 12.9. The van der Waals surface area contributed by atoms with Crippen LogP contribution < -0.4 is 24.4 Å². The maximum Gasteiger partial charge on any atom is 0.573 e. The molecule has 1 amide bonds. The lowest BCUT2D eigenvalue weighted by molar-refractivity contribution is -0.274. The lowest BCUT2D eigenvalue weighted by Crippen LogP contribution is -2.30. The average molecular weight is 475 g/mol. The Hall–Kier alpha value is -3.99. The molecule has 1 aromatic heterocycles. The molecule has 2 heterocycles. The van der Waals surface area contributed by atoms with Crippen LogP contribution >= 0.6 is 0 Å². The Morgan fingerprint density at radius 3 is 2.56 bits per heavy atom. The predicted molar refractivity (Wildman–Crippen MR) is 117 cm³/mol. The fourth-order valence-corrected chi connectivity index (χ4v) is 3.38. The molecule has 0 bridgehead atoms. The van der Waals surface area contributed by atoms with Gasteiger partial charge >= 0.3 is 6.36 Å². The molecule has 0 fully saturated rings. The molecule has 3 aromatic rings. The molecule has 1 aliphatic rings. The SMILES string of the molecule is O=C(Nc1ccc(OC(F)(F)F)cc1)c1cccc2c1OCCN2c1ccc(OCCO)cn1. The summed E-state index contributed by atoms with van der Waals surface area (Å²) >= 11 is 0. The van der Waals surface area contributed by atoms with Gasteiger partial charge < -0.3 is 29.5 Å². The molecule has 0 aliphatic carbocycles. The van der Waals surface area contributed by atoms with Crippen LogP contribution in [0.4, 0.5) is 30.4 Å². The molecule has 0 spiro atoms. The standard InChI is InChI=1S/C23H20F3N3O5/c24-23(25,26)34-16-6-4-15(5-7-16)28-22(31)18-2-1-3-19-21(18)33-12-10-29(19)20-9-8-17(14-27-20)32-13-11-30/h1-9,14,30H,10-13H2,(H,28,31). The number of rotatable bonds is 7. The molecule has 2 N–H and O–H groups in total. The number of aliphatic hydroxyl groups excluding tert-OH is 1. The average Bonchev–Trinajstić information content (AvgIpc) is 2.82. The molecule has 0 unspecified atom stereocenters. The predicted octanol–water partition coefficient (Wildman–Crippen LogP) is 4.13. The Bertz CT molecular complexity index is 1140. The summed E-state index contributed by atoms with van der Waals surface area (Å²) in [6.45, 7) is 0.876. The first-order valence-electron chi connectivity index (χ1n) is 10.2. The van der Waals surface area contributed by atoms with E-state index in [1.165, 1.54) is 12.1 Å². The highest BCUT2D eigenvalue weighted by Gasteiger charge is 2.31. The quantitative estimate of drug-likeness (QED) is 0.531. The Morgan fingerprint density at radius 1 is 1.12 bits per heavy atom. The Labute approximate surface area is 192 Å². The fraction of sp³-hybridized carbons (Fsp3) is 0.217. The third-order valence-electron chi connectivity index (χ3n) is 4.79. The molecule has 8 nitrogen and oxygen atoms in total. The minimum absolute atomic E-state index is 0.102. The Balaban J connectivity index is 1.52. The van der Waals surface area contributed by atoms with Crippen LogP contribution in [-0.4, -0.2) is 48.7 Å². The number of nitrogens with one attached hydrogen (secondary N) is 1. The van der Waals surface area contributed by atoms with E-state index >= 15 is 0 Å². The highest BCUT2D eigenvalue weighted by atomic mass is 19.4. The van der Waals surface area contributed by atoms with Gasteiger partial charge in [-0.2, -0.15) is 0 Å². The lowest BCUT2D eigenvalue weighted by Gasteiger charge is -2.31. The van der Waals surface area contributed by atoms with Gasteiger partial charge in [-0.25, -0.2) is 4.98 Å². The van der Waals surface area contributed by atoms with Crippen LogP contribution in [0, 0.1) is 0 Å². The number of aliphatic hydroxyl groups is 1. The molecule has 4 rings (SSSR count). The van der Waals surface area contributed by atoms with Crippen molar-refractivity contribution in [3.05, 3.63) is 66.4 Å². The molecule has 178 valence electrons. The number of amides is 1. The summed E-state index contributed by atoms with van der Waals surface area (Å²) in [5.74, 6) is 0.640. The van der Waals surface area contributed by atoms with Gasteiger partial charge in [0.05, 0.1) is 30.6 Å². The van der Waals surface area contributed by atoms with Crippen LogP contribution in [0.5, 0.6) is 17.2 Å². The number of pyridine rings is 1. The number of carbonyl (C=O) groups is 1. The van der Waals surface area contributed by atoms with E-state index in [-0.39, 0.29) is 24.5 Å². The van der Waals surface area contributed by atoms with Crippen LogP contribution in [0.1, 0.15) is 10.4 Å². The Morgan fingerprint density at radius 2 is 1.88 bits per heavy atom. The van der Waals surface area contributed by atoms with E-state index < -0.39 is 12.3 Å². The van der Waals surface area contributed by atoms with Gasteiger partial charge in [-0.1, -0.05) is 6.07 Å². The number of anilines is 3. The summed E-state index contributed by atoms with van der Waals surface area (Å²) in [5, 5.41) is 11.5. The minimum Gasteiger partial charge on any atom is -0.490 e. The van der Waals surface area contributed by atoms with Crippen molar-refractivity contribution >= 4 is 23.1 Å². The number of hydrogen-bond donors (Lipinski definition) is 2. The molecule has 34 heavy (non-hydrogen) atoms. The number of para-hydroxylation sites is 1. The van der Waals surface area contributed by atoms with E-state index in [1.54, 1.807) is 36.5 Å². The lowest BCUT2D eigenvalue weighted by atomic mass is 10.1. The van der Waals surface area contributed by atoms with Crippen LogP contribution in [0.15, 0.2) is 60.8 Å². The first-order chi connectivity index (χ1) is 16.3. The van der Waals surface area contributed by atoms with Crippen molar-refractivity contribution in [3.63, 3.8) is 0 Å². The van der Waals surface area contributed by atoms with Gasteiger partial charge in [0.2, 0.25) is 0 Å². The van der Waals surface area contributed by atoms with E-state index in [4.69, 9.17) is 14.6 Å². The van der Waals surface area contributed by atoms with Crippen LogP contribution in [-0.2, 0) is 0 Å². The van der Waals surface area contributed by atoms with E-state index in [1.807, 2.05) is 4.90 Å². The maximum atomic E-state index is 12.9. The second-order valence-corrected chi connectivity index (χ2v) is 7.10. The minimum atomic E-state index is -4.79. The Kier molecular flexibility index (Phi) is 6.73. The number of ether oxygens (including phenoxy) is 3. The zero-order chi connectivity index (χ0) is 24.1. The van der Waals surface area contributed by atoms with Crippen molar-refractivity contribution < 1.29 is 37.3 Å². The number of nitrogens with zero attached hydrogens (tertiary/aromatic N) is 2. The van der Waals surface area contributed by atoms with Crippen LogP contribution in [0.2, 0.25) is 0 Å². The van der Waals surface area contributed by atoms with Gasteiger partial charge in [0, 0.05) is 5.69 Å². The second kappa shape index (κ2) is 9.87. The molecule has 0 radical (unpaired) electrons. The largest absolute Gasteiger partial charge is 0.573 e. The summed E-state index contributed by atoms with van der Waals surface area (Å²) < 4.78 is 51.9. The fourth-order valence-electron chi connectivity index (χ4n) is 3.38. The van der Waals surface area contributed by atoms with Crippen molar-refractivity contribution in [3.8, 4) is 17.2 Å². The molecule has 11 heteroatoms. The van der Waals surface area contributed by atoms with Gasteiger partial charge in [0.1, 0.15) is 30.5 Å².